The first-order chi connectivity index (χ1) is 13.4. The fourth-order valence-corrected chi connectivity index (χ4v) is 2.45. The third-order valence-electron chi connectivity index (χ3n) is 3.83. The maximum atomic E-state index is 12.0. The zero-order chi connectivity index (χ0) is 20.7. The quantitative estimate of drug-likeness (QED) is 0.501. The second-order valence-corrected chi connectivity index (χ2v) is 5.61. The molecule has 8 heteroatoms. The SMILES string of the molecule is COC(=O)c1oc(COC(=O)/C=C/c2cc(OC)c(OC)cc2OC)cc1C. The molecule has 0 aliphatic carbocycles. The summed E-state index contributed by atoms with van der Waals surface area (Å²) in [6.07, 6.45) is 2.79. The Bertz CT molecular complexity index is 879. The van der Waals surface area contributed by atoms with Gasteiger partial charge in [-0.2, -0.15) is 0 Å². The molecular weight excluding hydrogens is 368 g/mol. The maximum absolute atomic E-state index is 12.0. The van der Waals surface area contributed by atoms with E-state index in [-0.39, 0.29) is 12.4 Å². The lowest BCUT2D eigenvalue weighted by atomic mass is 10.1. The highest BCUT2D eigenvalue weighted by atomic mass is 16.6. The van der Waals surface area contributed by atoms with Gasteiger partial charge in [-0.3, -0.25) is 0 Å². The highest BCUT2D eigenvalue weighted by molar-refractivity contribution is 5.88. The third kappa shape index (κ3) is 4.85. The number of benzene rings is 1. The van der Waals surface area contributed by atoms with Crippen molar-refractivity contribution in [2.45, 2.75) is 13.5 Å². The minimum Gasteiger partial charge on any atom is -0.496 e. The van der Waals surface area contributed by atoms with Gasteiger partial charge >= 0.3 is 11.9 Å². The van der Waals surface area contributed by atoms with E-state index in [1.54, 1.807) is 25.1 Å². The lowest BCUT2D eigenvalue weighted by Gasteiger charge is -2.12. The van der Waals surface area contributed by atoms with Gasteiger partial charge in [0.05, 0.1) is 28.4 Å². The minimum atomic E-state index is -0.592. The lowest BCUT2D eigenvalue weighted by Crippen LogP contribution is -2.01. The molecular formula is C20H22O8. The largest absolute Gasteiger partial charge is 0.496 e. The van der Waals surface area contributed by atoms with Crippen LogP contribution < -0.4 is 14.2 Å². The molecule has 0 unspecified atom stereocenters. The summed E-state index contributed by atoms with van der Waals surface area (Å²) in [5.74, 6) is 0.751. The number of furan rings is 1. The Labute approximate surface area is 162 Å². The molecule has 0 saturated carbocycles. The second-order valence-electron chi connectivity index (χ2n) is 5.61. The van der Waals surface area contributed by atoms with Gasteiger partial charge in [-0.15, -0.1) is 0 Å². The van der Waals surface area contributed by atoms with E-state index in [1.807, 2.05) is 0 Å². The predicted molar refractivity (Wildman–Crippen MR) is 99.7 cm³/mol. The van der Waals surface area contributed by atoms with Crippen LogP contribution in [0.1, 0.15) is 27.4 Å². The van der Waals surface area contributed by atoms with Gasteiger partial charge in [0.1, 0.15) is 18.1 Å². The topological polar surface area (TPSA) is 93.4 Å². The minimum absolute atomic E-state index is 0.0826. The Kier molecular flexibility index (Phi) is 7.08. The summed E-state index contributed by atoms with van der Waals surface area (Å²) < 4.78 is 30.9. The molecule has 0 bridgehead atoms. The molecule has 0 atom stereocenters. The maximum Gasteiger partial charge on any atom is 0.374 e. The summed E-state index contributed by atoms with van der Waals surface area (Å²) in [7, 11) is 5.80. The standard InChI is InChI=1S/C20H22O8/c1-12-8-14(28-19(12)20(22)26-5)11-27-18(21)7-6-13-9-16(24-3)17(25-4)10-15(13)23-2/h6-10H,11H2,1-5H3/b7-6+. The van der Waals surface area contributed by atoms with Crippen LogP contribution in [0.3, 0.4) is 0 Å². The zero-order valence-electron chi connectivity index (χ0n) is 16.4. The monoisotopic (exact) mass is 390 g/mol. The molecule has 150 valence electrons. The number of hydrogen-bond donors (Lipinski definition) is 0. The average molecular weight is 390 g/mol. The molecule has 0 fully saturated rings. The number of esters is 2. The molecule has 1 heterocycles. The van der Waals surface area contributed by atoms with Crippen LogP contribution in [0.25, 0.3) is 6.08 Å². The number of carbonyl (C=O) groups excluding carboxylic acids is 2. The van der Waals surface area contributed by atoms with Crippen LogP contribution in [0.2, 0.25) is 0 Å². The van der Waals surface area contributed by atoms with Gasteiger partial charge in [-0.25, -0.2) is 9.59 Å². The van der Waals surface area contributed by atoms with E-state index in [0.29, 0.717) is 34.1 Å². The van der Waals surface area contributed by atoms with Crippen molar-refractivity contribution in [3.8, 4) is 17.2 Å². The summed E-state index contributed by atoms with van der Waals surface area (Å²) in [5.41, 5.74) is 1.21. The molecule has 0 spiro atoms. The molecule has 2 aromatic rings. The first-order valence-corrected chi connectivity index (χ1v) is 8.26. The molecule has 1 aromatic carbocycles. The highest BCUT2D eigenvalue weighted by Crippen LogP contribution is 2.35. The van der Waals surface area contributed by atoms with Crippen LogP contribution in [0.15, 0.2) is 28.7 Å². The predicted octanol–water partition coefficient (Wildman–Crippen LogP) is 3.16. The molecule has 0 aliphatic rings. The fraction of sp³-hybridized carbons (Fsp3) is 0.300. The molecule has 0 amide bonds. The van der Waals surface area contributed by atoms with E-state index in [0.717, 1.165) is 0 Å². The fourth-order valence-electron chi connectivity index (χ4n) is 2.45. The van der Waals surface area contributed by atoms with Crippen LogP contribution in [0.4, 0.5) is 0 Å². The molecule has 0 aliphatic heterocycles. The zero-order valence-corrected chi connectivity index (χ0v) is 16.4. The van der Waals surface area contributed by atoms with Gasteiger partial charge in [0.15, 0.2) is 11.5 Å². The van der Waals surface area contributed by atoms with E-state index < -0.39 is 11.9 Å². The van der Waals surface area contributed by atoms with E-state index in [2.05, 4.69) is 4.74 Å². The summed E-state index contributed by atoms with van der Waals surface area (Å²) in [4.78, 5) is 23.5. The number of rotatable bonds is 8. The number of carbonyl (C=O) groups is 2. The summed E-state index contributed by atoms with van der Waals surface area (Å²) in [5, 5.41) is 0. The summed E-state index contributed by atoms with van der Waals surface area (Å²) in [6.45, 7) is 1.58. The first-order valence-electron chi connectivity index (χ1n) is 8.26. The van der Waals surface area contributed by atoms with Gasteiger partial charge in [0.2, 0.25) is 5.76 Å². The second kappa shape index (κ2) is 9.50. The normalized spacial score (nSPS) is 10.6. The molecule has 28 heavy (non-hydrogen) atoms. The molecule has 1 aromatic heterocycles. The van der Waals surface area contributed by atoms with Crippen LogP contribution in [-0.4, -0.2) is 40.4 Å². The van der Waals surface area contributed by atoms with Crippen molar-refractivity contribution in [1.82, 2.24) is 0 Å². The van der Waals surface area contributed by atoms with E-state index >= 15 is 0 Å². The van der Waals surface area contributed by atoms with Gasteiger partial charge in [-0.05, 0) is 25.1 Å². The van der Waals surface area contributed by atoms with Gasteiger partial charge in [0, 0.05) is 23.3 Å². The Morgan fingerprint density at radius 2 is 1.61 bits per heavy atom. The number of methoxy groups -OCH3 is 4. The summed E-state index contributed by atoms with van der Waals surface area (Å²) >= 11 is 0. The van der Waals surface area contributed by atoms with Crippen molar-refractivity contribution in [2.24, 2.45) is 0 Å². The summed E-state index contributed by atoms with van der Waals surface area (Å²) in [6, 6.07) is 4.95. The van der Waals surface area contributed by atoms with E-state index in [4.69, 9.17) is 23.4 Å². The van der Waals surface area contributed by atoms with Crippen molar-refractivity contribution >= 4 is 18.0 Å². The van der Waals surface area contributed by atoms with E-state index in [1.165, 1.54) is 40.6 Å². The first kappa shape index (κ1) is 20.9. The molecule has 0 saturated heterocycles. The van der Waals surface area contributed by atoms with Gasteiger partial charge in [0.25, 0.3) is 0 Å². The van der Waals surface area contributed by atoms with Crippen molar-refractivity contribution in [2.75, 3.05) is 28.4 Å². The van der Waals surface area contributed by atoms with Gasteiger partial charge in [-0.1, -0.05) is 0 Å². The molecule has 8 nitrogen and oxygen atoms in total. The Hall–Kier alpha value is -3.42. The Morgan fingerprint density at radius 1 is 0.964 bits per heavy atom. The number of hydrogen-bond acceptors (Lipinski definition) is 8. The molecule has 0 radical (unpaired) electrons. The van der Waals surface area contributed by atoms with Crippen LogP contribution in [0.5, 0.6) is 17.2 Å². The third-order valence-corrected chi connectivity index (χ3v) is 3.83. The molecule has 2 rings (SSSR count). The highest BCUT2D eigenvalue weighted by Gasteiger charge is 2.16. The molecule has 0 N–H and O–H groups in total. The van der Waals surface area contributed by atoms with Crippen molar-refractivity contribution in [1.29, 1.82) is 0 Å². The van der Waals surface area contributed by atoms with Gasteiger partial charge < -0.3 is 28.1 Å². The van der Waals surface area contributed by atoms with Crippen LogP contribution in [-0.2, 0) is 20.9 Å². The van der Waals surface area contributed by atoms with E-state index in [9.17, 15) is 9.59 Å². The average Bonchev–Trinajstić information content (AvgIpc) is 3.09. The van der Waals surface area contributed by atoms with Crippen LogP contribution in [0, 0.1) is 6.92 Å². The lowest BCUT2D eigenvalue weighted by molar-refractivity contribution is -0.139. The van der Waals surface area contributed by atoms with Crippen LogP contribution >= 0.6 is 0 Å². The number of aryl methyl sites for hydroxylation is 1. The van der Waals surface area contributed by atoms with Crippen molar-refractivity contribution in [3.63, 3.8) is 0 Å². The Morgan fingerprint density at radius 3 is 2.21 bits per heavy atom. The Balaban J connectivity index is 2.07. The smallest absolute Gasteiger partial charge is 0.374 e. The van der Waals surface area contributed by atoms with Crippen molar-refractivity contribution < 1.29 is 37.7 Å². The number of ether oxygens (including phenoxy) is 5. The van der Waals surface area contributed by atoms with Crippen molar-refractivity contribution in [3.05, 3.63) is 46.9 Å².